The van der Waals surface area contributed by atoms with Crippen LogP contribution < -0.4 is 15.6 Å². The van der Waals surface area contributed by atoms with Gasteiger partial charge in [-0.2, -0.15) is 0 Å². The van der Waals surface area contributed by atoms with Gasteiger partial charge in [-0.1, -0.05) is 18.2 Å². The Morgan fingerprint density at radius 3 is 2.71 bits per heavy atom. The van der Waals surface area contributed by atoms with Crippen LogP contribution in [-0.2, 0) is 13.6 Å². The van der Waals surface area contributed by atoms with Crippen LogP contribution in [0.5, 0.6) is 5.75 Å². The fraction of sp³-hybridized carbons (Fsp3) is 0.208. The van der Waals surface area contributed by atoms with Crippen LogP contribution in [0.1, 0.15) is 27.2 Å². The van der Waals surface area contributed by atoms with Crippen molar-refractivity contribution >= 4 is 16.9 Å². The normalized spacial score (nSPS) is 11.0. The monoisotopic (exact) mass is 416 g/mol. The maximum Gasteiger partial charge on any atom is 0.253 e. The summed E-state index contributed by atoms with van der Waals surface area (Å²) in [7, 11) is 3.47. The Bertz CT molecular complexity index is 1350. The maximum atomic E-state index is 13.2. The number of carbonyl (C=O) groups excluding carboxylic acids is 1. The van der Waals surface area contributed by atoms with E-state index < -0.39 is 0 Å². The Morgan fingerprint density at radius 2 is 1.97 bits per heavy atom. The van der Waals surface area contributed by atoms with Gasteiger partial charge in [-0.15, -0.1) is 0 Å². The van der Waals surface area contributed by atoms with Crippen LogP contribution in [-0.4, -0.2) is 27.6 Å². The van der Waals surface area contributed by atoms with Crippen LogP contribution in [0.3, 0.4) is 0 Å². The van der Waals surface area contributed by atoms with Crippen molar-refractivity contribution in [2.24, 2.45) is 7.05 Å². The quantitative estimate of drug-likeness (QED) is 0.521. The number of nitrogens with one attached hydrogen (secondary N) is 2. The first kappa shape index (κ1) is 20.4. The lowest BCUT2D eigenvalue weighted by Gasteiger charge is -2.13. The first-order valence-corrected chi connectivity index (χ1v) is 9.95. The molecule has 7 nitrogen and oxygen atoms in total. The predicted octanol–water partition coefficient (Wildman–Crippen LogP) is 3.48. The van der Waals surface area contributed by atoms with Crippen molar-refractivity contribution in [3.63, 3.8) is 0 Å². The second kappa shape index (κ2) is 8.10. The highest BCUT2D eigenvalue weighted by Gasteiger charge is 2.18. The lowest BCUT2D eigenvalue weighted by atomic mass is 10.00. The van der Waals surface area contributed by atoms with Gasteiger partial charge in [0.05, 0.1) is 30.0 Å². The molecule has 0 aliphatic heterocycles. The highest BCUT2D eigenvalue weighted by Crippen LogP contribution is 2.33. The van der Waals surface area contributed by atoms with Gasteiger partial charge in [0.1, 0.15) is 5.75 Å². The summed E-state index contributed by atoms with van der Waals surface area (Å²) in [6.45, 7) is 3.84. The van der Waals surface area contributed by atoms with Crippen molar-refractivity contribution in [2.75, 3.05) is 7.11 Å². The van der Waals surface area contributed by atoms with Crippen molar-refractivity contribution < 1.29 is 9.53 Å². The Labute approximate surface area is 179 Å². The molecular weight excluding hydrogens is 392 g/mol. The summed E-state index contributed by atoms with van der Waals surface area (Å²) in [5, 5.41) is 2.90. The van der Waals surface area contributed by atoms with Crippen LogP contribution in [0.2, 0.25) is 0 Å². The van der Waals surface area contributed by atoms with E-state index in [1.165, 1.54) is 0 Å². The number of carbonyl (C=O) groups is 1. The molecule has 4 rings (SSSR count). The molecule has 4 aromatic rings. The molecule has 31 heavy (non-hydrogen) atoms. The van der Waals surface area contributed by atoms with E-state index in [-0.39, 0.29) is 18.0 Å². The molecule has 2 aromatic carbocycles. The number of nitrogens with zero attached hydrogens (tertiary/aromatic N) is 2. The summed E-state index contributed by atoms with van der Waals surface area (Å²) >= 11 is 0. The van der Waals surface area contributed by atoms with Gasteiger partial charge in [0.15, 0.2) is 0 Å². The number of pyridine rings is 1. The maximum absolute atomic E-state index is 13.2. The number of hydrogen-bond donors (Lipinski definition) is 2. The average Bonchev–Trinajstić information content (AvgIpc) is 3.13. The molecule has 0 aliphatic rings. The van der Waals surface area contributed by atoms with Gasteiger partial charge in [0.2, 0.25) is 0 Å². The van der Waals surface area contributed by atoms with Crippen LogP contribution in [0.15, 0.2) is 53.6 Å². The van der Waals surface area contributed by atoms with E-state index in [4.69, 9.17) is 4.74 Å². The summed E-state index contributed by atoms with van der Waals surface area (Å²) in [5.41, 5.74) is 5.61. The Balaban J connectivity index is 1.75. The fourth-order valence-electron chi connectivity index (χ4n) is 3.87. The third-order valence-electron chi connectivity index (χ3n) is 5.39. The smallest absolute Gasteiger partial charge is 0.253 e. The van der Waals surface area contributed by atoms with E-state index in [1.807, 2.05) is 67.9 Å². The third kappa shape index (κ3) is 3.82. The molecule has 0 radical (unpaired) electrons. The first-order valence-electron chi connectivity index (χ1n) is 9.95. The molecule has 2 heterocycles. The van der Waals surface area contributed by atoms with Gasteiger partial charge in [0.25, 0.3) is 11.5 Å². The van der Waals surface area contributed by atoms with E-state index in [0.717, 1.165) is 27.9 Å². The molecule has 1 amide bonds. The first-order chi connectivity index (χ1) is 14.9. The molecule has 7 heteroatoms. The molecule has 0 spiro atoms. The molecule has 0 saturated carbocycles. The van der Waals surface area contributed by atoms with Gasteiger partial charge in [-0.3, -0.25) is 9.59 Å². The van der Waals surface area contributed by atoms with Gasteiger partial charge in [-0.05, 0) is 49.2 Å². The van der Waals surface area contributed by atoms with Crippen molar-refractivity contribution in [1.29, 1.82) is 0 Å². The van der Waals surface area contributed by atoms with E-state index in [0.29, 0.717) is 22.4 Å². The molecule has 158 valence electrons. The van der Waals surface area contributed by atoms with Gasteiger partial charge < -0.3 is 19.6 Å². The van der Waals surface area contributed by atoms with Crippen molar-refractivity contribution in [2.45, 2.75) is 20.4 Å². The largest absolute Gasteiger partial charge is 0.496 e. The Kier molecular flexibility index (Phi) is 5.33. The number of rotatable bonds is 5. The molecular formula is C24H24N4O3. The summed E-state index contributed by atoms with van der Waals surface area (Å²) in [6.07, 6.45) is 1.68. The number of amides is 1. The zero-order chi connectivity index (χ0) is 22.1. The molecule has 2 aromatic heterocycles. The molecule has 2 N–H and O–H groups in total. The van der Waals surface area contributed by atoms with Crippen LogP contribution in [0.25, 0.3) is 22.2 Å². The zero-order valence-corrected chi connectivity index (χ0v) is 17.9. The van der Waals surface area contributed by atoms with E-state index in [9.17, 15) is 9.59 Å². The average molecular weight is 416 g/mol. The predicted molar refractivity (Wildman–Crippen MR) is 120 cm³/mol. The minimum Gasteiger partial charge on any atom is -0.496 e. The molecule has 0 atom stereocenters. The number of hydrogen-bond acceptors (Lipinski definition) is 4. The minimum atomic E-state index is -0.273. The zero-order valence-electron chi connectivity index (χ0n) is 17.9. The fourth-order valence-corrected chi connectivity index (χ4v) is 3.87. The Morgan fingerprint density at radius 1 is 1.19 bits per heavy atom. The number of methoxy groups -OCH3 is 1. The standard InChI is InChI=1S/C24H24N4O3/c1-14-9-15(2)27-24(30)19(14)12-25-23(29)18-10-16(11-20-22(18)28(3)13-26-20)17-7-5-6-8-21(17)31-4/h5-11,13H,12H2,1-4H3,(H,25,29)(H,27,30). The lowest BCUT2D eigenvalue weighted by Crippen LogP contribution is -2.28. The molecule has 0 saturated heterocycles. The van der Waals surface area contributed by atoms with Gasteiger partial charge in [0, 0.05) is 30.4 Å². The highest BCUT2D eigenvalue weighted by molar-refractivity contribution is 6.07. The summed E-state index contributed by atoms with van der Waals surface area (Å²) in [6, 6.07) is 13.3. The number of H-pyrrole nitrogens is 1. The highest BCUT2D eigenvalue weighted by atomic mass is 16.5. The van der Waals surface area contributed by atoms with E-state index in [2.05, 4.69) is 15.3 Å². The molecule has 0 unspecified atom stereocenters. The lowest BCUT2D eigenvalue weighted by molar-refractivity contribution is 0.0952. The number of fused-ring (bicyclic) bond motifs is 1. The number of imidazole rings is 1. The third-order valence-corrected chi connectivity index (χ3v) is 5.39. The number of aromatic amines is 1. The van der Waals surface area contributed by atoms with Gasteiger partial charge >= 0.3 is 0 Å². The molecule has 0 bridgehead atoms. The minimum absolute atomic E-state index is 0.137. The Hall–Kier alpha value is -3.87. The van der Waals surface area contributed by atoms with Crippen LogP contribution in [0, 0.1) is 13.8 Å². The summed E-state index contributed by atoms with van der Waals surface area (Å²) in [5.74, 6) is 0.440. The topological polar surface area (TPSA) is 89.0 Å². The number of benzene rings is 2. The number of para-hydroxylation sites is 1. The van der Waals surface area contributed by atoms with Crippen molar-refractivity contribution in [3.8, 4) is 16.9 Å². The second-order valence-electron chi connectivity index (χ2n) is 7.57. The SMILES string of the molecule is COc1ccccc1-c1cc(C(=O)NCc2c(C)cc(C)[nH]c2=O)c2c(c1)ncn2C. The number of aromatic nitrogens is 3. The summed E-state index contributed by atoms with van der Waals surface area (Å²) < 4.78 is 7.31. The van der Waals surface area contributed by atoms with Crippen molar-refractivity contribution in [3.05, 3.63) is 81.5 Å². The van der Waals surface area contributed by atoms with Crippen molar-refractivity contribution in [1.82, 2.24) is 19.9 Å². The van der Waals surface area contributed by atoms with Crippen LogP contribution >= 0.6 is 0 Å². The number of aryl methyl sites for hydroxylation is 3. The number of ether oxygens (including phenoxy) is 1. The second-order valence-corrected chi connectivity index (χ2v) is 7.57. The van der Waals surface area contributed by atoms with Gasteiger partial charge in [-0.25, -0.2) is 4.98 Å². The molecule has 0 fully saturated rings. The van der Waals surface area contributed by atoms with E-state index >= 15 is 0 Å². The van der Waals surface area contributed by atoms with E-state index in [1.54, 1.807) is 13.4 Å². The van der Waals surface area contributed by atoms with Crippen LogP contribution in [0.4, 0.5) is 0 Å². The molecule has 0 aliphatic carbocycles. The summed E-state index contributed by atoms with van der Waals surface area (Å²) in [4.78, 5) is 32.8.